The van der Waals surface area contributed by atoms with E-state index in [1.165, 1.54) is 24.3 Å². The number of hydrogen-bond donors (Lipinski definition) is 0. The first-order valence-electron chi connectivity index (χ1n) is 7.38. The Bertz CT molecular complexity index is 670. The summed E-state index contributed by atoms with van der Waals surface area (Å²) in [6.07, 6.45) is 2.58. The van der Waals surface area contributed by atoms with E-state index in [0.717, 1.165) is 6.42 Å². The number of fused-ring (bicyclic) bond motifs is 1. The van der Waals surface area contributed by atoms with Gasteiger partial charge in [0.05, 0.1) is 17.0 Å². The fourth-order valence-corrected chi connectivity index (χ4v) is 3.31. The molecule has 0 aliphatic carbocycles. The third kappa shape index (κ3) is 2.69. The standard InChI is InChI=1S/C16H16N2O5/c1-2-12-13-7-8-15(19)17(13)9-14(12)23-16(20)10-3-5-11(6-4-10)18(21)22/h2-6,12-14H,1,7-9H2/t12-,13-,14-/m0/s1. The van der Waals surface area contributed by atoms with Gasteiger partial charge in [-0.25, -0.2) is 4.79 Å². The summed E-state index contributed by atoms with van der Waals surface area (Å²) in [7, 11) is 0. The molecule has 0 aromatic heterocycles. The third-order valence-electron chi connectivity index (χ3n) is 4.47. The molecule has 0 bridgehead atoms. The number of nitro benzene ring substituents is 1. The number of ether oxygens (including phenoxy) is 1. The fraction of sp³-hybridized carbons (Fsp3) is 0.375. The summed E-state index contributed by atoms with van der Waals surface area (Å²) < 4.78 is 5.51. The fourth-order valence-electron chi connectivity index (χ4n) is 3.31. The molecule has 0 N–H and O–H groups in total. The molecule has 2 saturated heterocycles. The highest BCUT2D eigenvalue weighted by atomic mass is 16.6. The van der Waals surface area contributed by atoms with Crippen LogP contribution in [-0.2, 0) is 9.53 Å². The molecule has 2 aliphatic rings. The molecule has 1 aromatic carbocycles. The lowest BCUT2D eigenvalue weighted by molar-refractivity contribution is -0.384. The van der Waals surface area contributed by atoms with E-state index in [9.17, 15) is 19.7 Å². The van der Waals surface area contributed by atoms with E-state index in [1.54, 1.807) is 11.0 Å². The minimum absolute atomic E-state index is 0.0506. The van der Waals surface area contributed by atoms with Crippen molar-refractivity contribution in [1.82, 2.24) is 4.90 Å². The number of carbonyl (C=O) groups is 2. The predicted octanol–water partition coefficient (Wildman–Crippen LogP) is 1.93. The van der Waals surface area contributed by atoms with E-state index >= 15 is 0 Å². The second-order valence-electron chi connectivity index (χ2n) is 5.71. The van der Waals surface area contributed by atoms with Crippen LogP contribution in [0.5, 0.6) is 0 Å². The van der Waals surface area contributed by atoms with Gasteiger partial charge >= 0.3 is 5.97 Å². The zero-order chi connectivity index (χ0) is 16.6. The van der Waals surface area contributed by atoms with Crippen LogP contribution in [0.2, 0.25) is 0 Å². The van der Waals surface area contributed by atoms with Gasteiger partial charge in [-0.1, -0.05) is 6.08 Å². The number of hydrogen-bond acceptors (Lipinski definition) is 5. The molecule has 0 unspecified atom stereocenters. The van der Waals surface area contributed by atoms with E-state index in [1.807, 2.05) is 0 Å². The summed E-state index contributed by atoms with van der Waals surface area (Å²) in [5.41, 5.74) is 0.162. The van der Waals surface area contributed by atoms with Gasteiger partial charge in [-0.05, 0) is 18.6 Å². The summed E-state index contributed by atoms with van der Waals surface area (Å²) in [5.74, 6) is -0.551. The second kappa shape index (κ2) is 5.83. The summed E-state index contributed by atoms with van der Waals surface area (Å²) in [6, 6.07) is 5.31. The average Bonchev–Trinajstić information content (AvgIpc) is 3.06. The van der Waals surface area contributed by atoms with E-state index in [0.29, 0.717) is 13.0 Å². The molecule has 23 heavy (non-hydrogen) atoms. The number of amides is 1. The topological polar surface area (TPSA) is 89.8 Å². The number of nitrogens with zero attached hydrogens (tertiary/aromatic N) is 2. The zero-order valence-corrected chi connectivity index (χ0v) is 12.4. The van der Waals surface area contributed by atoms with E-state index in [-0.39, 0.29) is 29.1 Å². The summed E-state index contributed by atoms with van der Waals surface area (Å²) in [4.78, 5) is 35.9. The Hall–Kier alpha value is -2.70. The molecule has 1 aromatic rings. The molecule has 7 nitrogen and oxygen atoms in total. The largest absolute Gasteiger partial charge is 0.456 e. The Morgan fingerprint density at radius 1 is 1.39 bits per heavy atom. The Balaban J connectivity index is 1.71. The SMILES string of the molecule is C=C[C@@H]1[C@@H](OC(=O)c2ccc([N+](=O)[O-])cc2)CN2C(=O)CC[C@@H]12. The summed E-state index contributed by atoms with van der Waals surface area (Å²) in [5, 5.41) is 10.6. The minimum atomic E-state index is -0.551. The molecule has 1 amide bonds. The highest BCUT2D eigenvalue weighted by Crippen LogP contribution is 2.36. The Kier molecular flexibility index (Phi) is 3.85. The van der Waals surface area contributed by atoms with Crippen LogP contribution in [0.3, 0.4) is 0 Å². The van der Waals surface area contributed by atoms with Crippen molar-refractivity contribution in [3.8, 4) is 0 Å². The van der Waals surface area contributed by atoms with E-state index in [2.05, 4.69) is 6.58 Å². The first-order valence-corrected chi connectivity index (χ1v) is 7.38. The summed E-state index contributed by atoms with van der Waals surface area (Å²) >= 11 is 0. The van der Waals surface area contributed by atoms with Gasteiger partial charge in [0.2, 0.25) is 5.91 Å². The van der Waals surface area contributed by atoms with Gasteiger partial charge in [0, 0.05) is 30.5 Å². The normalized spacial score (nSPS) is 26.0. The van der Waals surface area contributed by atoms with E-state index in [4.69, 9.17) is 4.74 Å². The van der Waals surface area contributed by atoms with Crippen molar-refractivity contribution in [2.24, 2.45) is 5.92 Å². The van der Waals surface area contributed by atoms with Crippen LogP contribution in [0.1, 0.15) is 23.2 Å². The lowest BCUT2D eigenvalue weighted by Crippen LogP contribution is -2.29. The van der Waals surface area contributed by atoms with Crippen LogP contribution in [-0.4, -0.2) is 40.4 Å². The van der Waals surface area contributed by atoms with Gasteiger partial charge in [0.25, 0.3) is 5.69 Å². The Morgan fingerprint density at radius 3 is 2.70 bits per heavy atom. The predicted molar refractivity (Wildman–Crippen MR) is 80.7 cm³/mol. The van der Waals surface area contributed by atoms with Gasteiger partial charge in [-0.2, -0.15) is 0 Å². The van der Waals surface area contributed by atoms with Crippen LogP contribution in [0.4, 0.5) is 5.69 Å². The van der Waals surface area contributed by atoms with Crippen LogP contribution < -0.4 is 0 Å². The second-order valence-corrected chi connectivity index (χ2v) is 5.71. The number of esters is 1. The van der Waals surface area contributed by atoms with E-state index < -0.39 is 17.0 Å². The average molecular weight is 316 g/mol. The third-order valence-corrected chi connectivity index (χ3v) is 4.47. The van der Waals surface area contributed by atoms with Crippen LogP contribution in [0, 0.1) is 16.0 Å². The van der Waals surface area contributed by atoms with Gasteiger partial charge in [0.15, 0.2) is 0 Å². The number of rotatable bonds is 4. The molecular weight excluding hydrogens is 300 g/mol. The highest BCUT2D eigenvalue weighted by Gasteiger charge is 2.47. The maximum absolute atomic E-state index is 12.2. The minimum Gasteiger partial charge on any atom is -0.456 e. The van der Waals surface area contributed by atoms with Crippen molar-refractivity contribution in [3.05, 3.63) is 52.6 Å². The number of carbonyl (C=O) groups excluding carboxylic acids is 2. The van der Waals surface area contributed by atoms with Crippen LogP contribution in [0.25, 0.3) is 0 Å². The van der Waals surface area contributed by atoms with Crippen molar-refractivity contribution in [2.75, 3.05) is 6.54 Å². The highest BCUT2D eigenvalue weighted by molar-refractivity contribution is 5.90. The molecule has 120 valence electrons. The molecule has 2 heterocycles. The smallest absolute Gasteiger partial charge is 0.338 e. The van der Waals surface area contributed by atoms with Gasteiger partial charge in [0.1, 0.15) is 6.10 Å². The number of benzene rings is 1. The maximum atomic E-state index is 12.2. The first-order chi connectivity index (χ1) is 11.0. The maximum Gasteiger partial charge on any atom is 0.338 e. The quantitative estimate of drug-likeness (QED) is 0.366. The molecular formula is C16H16N2O5. The number of non-ortho nitro benzene ring substituents is 1. The van der Waals surface area contributed by atoms with Crippen molar-refractivity contribution < 1.29 is 19.2 Å². The zero-order valence-electron chi connectivity index (χ0n) is 12.4. The van der Waals surface area contributed by atoms with Crippen molar-refractivity contribution in [1.29, 1.82) is 0 Å². The van der Waals surface area contributed by atoms with Gasteiger partial charge < -0.3 is 9.64 Å². The molecule has 2 aliphatic heterocycles. The van der Waals surface area contributed by atoms with Crippen molar-refractivity contribution >= 4 is 17.6 Å². The molecule has 0 radical (unpaired) electrons. The van der Waals surface area contributed by atoms with Crippen LogP contribution >= 0.6 is 0 Å². The first kappa shape index (κ1) is 15.2. The molecule has 2 fully saturated rings. The molecule has 3 atom stereocenters. The lowest BCUT2D eigenvalue weighted by Gasteiger charge is -2.19. The Labute approximate surface area is 132 Å². The monoisotopic (exact) mass is 316 g/mol. The van der Waals surface area contributed by atoms with Crippen molar-refractivity contribution in [2.45, 2.75) is 25.0 Å². The molecule has 0 saturated carbocycles. The molecule has 3 rings (SSSR count). The van der Waals surface area contributed by atoms with Gasteiger partial charge in [-0.3, -0.25) is 14.9 Å². The van der Waals surface area contributed by atoms with Gasteiger partial charge in [-0.15, -0.1) is 6.58 Å². The molecule has 0 spiro atoms. The Morgan fingerprint density at radius 2 is 2.09 bits per heavy atom. The summed E-state index contributed by atoms with van der Waals surface area (Å²) in [6.45, 7) is 4.16. The molecule has 7 heteroatoms. The number of nitro groups is 1. The lowest BCUT2D eigenvalue weighted by atomic mass is 9.96. The van der Waals surface area contributed by atoms with Crippen LogP contribution in [0.15, 0.2) is 36.9 Å². The van der Waals surface area contributed by atoms with Crippen molar-refractivity contribution in [3.63, 3.8) is 0 Å².